The molecule has 2 atom stereocenters. The number of hydrogen-bond acceptors (Lipinski definition) is 5. The van der Waals surface area contributed by atoms with Gasteiger partial charge in [-0.15, -0.1) is 0 Å². The number of halogens is 1. The second-order valence-electron chi connectivity index (χ2n) is 9.86. The number of benzene rings is 2. The van der Waals surface area contributed by atoms with E-state index in [-0.39, 0.29) is 32.0 Å². The number of anilines is 1. The Bertz CT molecular complexity index is 1050. The van der Waals surface area contributed by atoms with E-state index < -0.39 is 24.1 Å². The van der Waals surface area contributed by atoms with Gasteiger partial charge in [-0.1, -0.05) is 74.0 Å². The molecule has 8 nitrogen and oxygen atoms in total. The molecular formula is C29H38ClN3O5. The van der Waals surface area contributed by atoms with Crippen LogP contribution in [0.25, 0.3) is 0 Å². The summed E-state index contributed by atoms with van der Waals surface area (Å²) in [7, 11) is 1.70. The number of rotatable bonds is 12. The van der Waals surface area contributed by atoms with Crippen LogP contribution in [0.2, 0.25) is 5.02 Å². The van der Waals surface area contributed by atoms with E-state index >= 15 is 0 Å². The van der Waals surface area contributed by atoms with Crippen molar-refractivity contribution >= 4 is 35.2 Å². The van der Waals surface area contributed by atoms with Crippen molar-refractivity contribution in [3.05, 3.63) is 65.2 Å². The van der Waals surface area contributed by atoms with Crippen LogP contribution in [0.15, 0.2) is 54.6 Å². The lowest BCUT2D eigenvalue weighted by Gasteiger charge is -2.28. The molecule has 0 heterocycles. The molecule has 0 saturated heterocycles. The number of para-hydroxylation sites is 1. The van der Waals surface area contributed by atoms with Gasteiger partial charge >= 0.3 is 6.09 Å². The second-order valence-corrected chi connectivity index (χ2v) is 10.3. The number of amides is 3. The molecule has 2 unspecified atom stereocenters. The quantitative estimate of drug-likeness (QED) is 0.355. The maximum Gasteiger partial charge on any atom is 0.408 e. The van der Waals surface area contributed by atoms with Gasteiger partial charge in [0.1, 0.15) is 12.6 Å². The van der Waals surface area contributed by atoms with E-state index in [4.69, 9.17) is 16.3 Å². The Morgan fingerprint density at radius 3 is 2.47 bits per heavy atom. The number of alkyl carbamates (subject to hydrolysis) is 1. The molecule has 0 aromatic heterocycles. The molecular weight excluding hydrogens is 506 g/mol. The van der Waals surface area contributed by atoms with Crippen molar-refractivity contribution in [3.8, 4) is 0 Å². The highest BCUT2D eigenvalue weighted by Gasteiger charge is 2.28. The SMILES string of the molecule is CN(C(=O)CCC(CO)NC(=O)C(CC1CCCCC1)NC(=O)OCc1cccc(Cl)c1)c1ccccc1. The highest BCUT2D eigenvalue weighted by molar-refractivity contribution is 6.30. The molecule has 3 amide bonds. The number of aliphatic hydroxyl groups excluding tert-OH is 1. The molecule has 1 saturated carbocycles. The highest BCUT2D eigenvalue weighted by atomic mass is 35.5. The van der Waals surface area contributed by atoms with Gasteiger partial charge in [-0.05, 0) is 48.6 Å². The van der Waals surface area contributed by atoms with Gasteiger partial charge in [-0.2, -0.15) is 0 Å². The largest absolute Gasteiger partial charge is 0.445 e. The normalized spacial score (nSPS) is 15.2. The first-order chi connectivity index (χ1) is 18.4. The van der Waals surface area contributed by atoms with Crippen molar-refractivity contribution in [2.24, 2.45) is 5.92 Å². The third-order valence-corrected chi connectivity index (χ3v) is 7.19. The summed E-state index contributed by atoms with van der Waals surface area (Å²) in [6.45, 7) is -0.288. The van der Waals surface area contributed by atoms with Crippen LogP contribution in [0.1, 0.15) is 56.9 Å². The Labute approximate surface area is 229 Å². The van der Waals surface area contributed by atoms with Gasteiger partial charge < -0.3 is 25.4 Å². The second kappa shape index (κ2) is 15.3. The Kier molecular flexibility index (Phi) is 11.9. The summed E-state index contributed by atoms with van der Waals surface area (Å²) in [5, 5.41) is 16.0. The predicted molar refractivity (Wildman–Crippen MR) is 148 cm³/mol. The summed E-state index contributed by atoms with van der Waals surface area (Å²) in [5.74, 6) is -0.190. The molecule has 1 aliphatic carbocycles. The van der Waals surface area contributed by atoms with E-state index in [1.807, 2.05) is 30.3 Å². The summed E-state index contributed by atoms with van der Waals surface area (Å²) in [4.78, 5) is 40.0. The lowest BCUT2D eigenvalue weighted by molar-refractivity contribution is -0.125. The van der Waals surface area contributed by atoms with Crippen molar-refractivity contribution in [1.29, 1.82) is 0 Å². The number of carbonyl (C=O) groups excluding carboxylic acids is 3. The van der Waals surface area contributed by atoms with Crippen molar-refractivity contribution in [2.45, 2.75) is 70.1 Å². The summed E-state index contributed by atoms with van der Waals surface area (Å²) < 4.78 is 5.34. The maximum atomic E-state index is 13.2. The van der Waals surface area contributed by atoms with Crippen molar-refractivity contribution in [2.75, 3.05) is 18.6 Å². The molecule has 3 N–H and O–H groups in total. The molecule has 0 spiro atoms. The van der Waals surface area contributed by atoms with Crippen LogP contribution < -0.4 is 15.5 Å². The first-order valence-electron chi connectivity index (χ1n) is 13.3. The predicted octanol–water partition coefficient (Wildman–Crippen LogP) is 4.83. The molecule has 3 rings (SSSR count). The zero-order valence-electron chi connectivity index (χ0n) is 21.9. The Balaban J connectivity index is 1.56. The van der Waals surface area contributed by atoms with E-state index in [1.165, 1.54) is 6.42 Å². The third kappa shape index (κ3) is 9.65. The first-order valence-corrected chi connectivity index (χ1v) is 13.6. The monoisotopic (exact) mass is 543 g/mol. The lowest BCUT2D eigenvalue weighted by atomic mass is 9.84. The van der Waals surface area contributed by atoms with Crippen molar-refractivity contribution in [1.82, 2.24) is 10.6 Å². The minimum Gasteiger partial charge on any atom is -0.445 e. The van der Waals surface area contributed by atoms with E-state index in [2.05, 4.69) is 10.6 Å². The fraction of sp³-hybridized carbons (Fsp3) is 0.483. The number of nitrogens with zero attached hydrogens (tertiary/aromatic N) is 1. The third-order valence-electron chi connectivity index (χ3n) is 6.95. The molecule has 0 aliphatic heterocycles. The molecule has 206 valence electrons. The Morgan fingerprint density at radius 2 is 1.79 bits per heavy atom. The van der Waals surface area contributed by atoms with E-state index in [0.717, 1.165) is 36.9 Å². The molecule has 0 radical (unpaired) electrons. The molecule has 0 bridgehead atoms. The van der Waals surface area contributed by atoms with Crippen LogP contribution >= 0.6 is 11.6 Å². The van der Waals surface area contributed by atoms with E-state index in [0.29, 0.717) is 17.4 Å². The van der Waals surface area contributed by atoms with Gasteiger partial charge in [0.05, 0.1) is 12.6 Å². The molecule has 1 fully saturated rings. The van der Waals surface area contributed by atoms with Crippen LogP contribution in [0.4, 0.5) is 10.5 Å². The molecule has 1 aliphatic rings. The van der Waals surface area contributed by atoms with Crippen LogP contribution in [0.3, 0.4) is 0 Å². The zero-order valence-corrected chi connectivity index (χ0v) is 22.7. The molecule has 38 heavy (non-hydrogen) atoms. The average molecular weight is 544 g/mol. The lowest BCUT2D eigenvalue weighted by Crippen LogP contribution is -2.51. The zero-order chi connectivity index (χ0) is 27.3. The molecule has 9 heteroatoms. The van der Waals surface area contributed by atoms with Crippen LogP contribution in [-0.4, -0.2) is 48.8 Å². The van der Waals surface area contributed by atoms with Crippen molar-refractivity contribution < 1.29 is 24.2 Å². The Morgan fingerprint density at radius 1 is 1.05 bits per heavy atom. The summed E-state index contributed by atoms with van der Waals surface area (Å²) in [6.07, 6.45) is 5.63. The van der Waals surface area contributed by atoms with Gasteiger partial charge in [0, 0.05) is 24.2 Å². The standard InChI is InChI=1S/C29H38ClN3O5/c1-33(25-13-6-3-7-14-25)27(35)16-15-24(19-34)31-28(36)26(18-21-9-4-2-5-10-21)32-29(37)38-20-22-11-8-12-23(30)17-22/h3,6-8,11-14,17,21,24,26,34H,2,4-5,9-10,15-16,18-20H2,1H3,(H,31,36)(H,32,37). The smallest absolute Gasteiger partial charge is 0.408 e. The van der Waals surface area contributed by atoms with E-state index in [1.54, 1.807) is 36.2 Å². The summed E-state index contributed by atoms with van der Waals surface area (Å²) in [5.41, 5.74) is 1.52. The fourth-order valence-corrected chi connectivity index (χ4v) is 4.93. The maximum absolute atomic E-state index is 13.2. The van der Waals surface area contributed by atoms with Crippen LogP contribution in [-0.2, 0) is 20.9 Å². The van der Waals surface area contributed by atoms with Gasteiger partial charge in [0.2, 0.25) is 11.8 Å². The Hall–Kier alpha value is -3.10. The molecule has 2 aromatic carbocycles. The van der Waals surface area contributed by atoms with Crippen molar-refractivity contribution in [3.63, 3.8) is 0 Å². The number of aliphatic hydroxyl groups is 1. The van der Waals surface area contributed by atoms with Crippen LogP contribution in [0.5, 0.6) is 0 Å². The number of ether oxygens (including phenoxy) is 1. The van der Waals surface area contributed by atoms with Gasteiger partial charge in [0.15, 0.2) is 0 Å². The van der Waals surface area contributed by atoms with Crippen LogP contribution in [0, 0.1) is 5.92 Å². The molecule has 2 aromatic rings. The topological polar surface area (TPSA) is 108 Å². The number of carbonyl (C=O) groups is 3. The van der Waals surface area contributed by atoms with Gasteiger partial charge in [-0.25, -0.2) is 4.79 Å². The minimum atomic E-state index is -0.804. The number of nitrogens with one attached hydrogen (secondary N) is 2. The number of hydrogen-bond donors (Lipinski definition) is 3. The first kappa shape index (κ1) is 29.5. The van der Waals surface area contributed by atoms with Gasteiger partial charge in [0.25, 0.3) is 0 Å². The average Bonchev–Trinajstić information content (AvgIpc) is 2.94. The van der Waals surface area contributed by atoms with E-state index in [9.17, 15) is 19.5 Å². The highest BCUT2D eigenvalue weighted by Crippen LogP contribution is 2.27. The summed E-state index contributed by atoms with van der Waals surface area (Å²) in [6, 6.07) is 14.9. The van der Waals surface area contributed by atoms with Gasteiger partial charge in [-0.3, -0.25) is 9.59 Å². The fourth-order valence-electron chi connectivity index (χ4n) is 4.72. The minimum absolute atomic E-state index is 0.0282. The summed E-state index contributed by atoms with van der Waals surface area (Å²) >= 11 is 6.00.